The van der Waals surface area contributed by atoms with E-state index in [0.29, 0.717) is 5.92 Å². The number of rotatable bonds is 3. The van der Waals surface area contributed by atoms with Crippen molar-refractivity contribution >= 4 is 17.6 Å². The summed E-state index contributed by atoms with van der Waals surface area (Å²) < 4.78 is 9.34. The number of para-hydroxylation sites is 2. The van der Waals surface area contributed by atoms with E-state index < -0.39 is 0 Å². The van der Waals surface area contributed by atoms with Crippen molar-refractivity contribution < 1.29 is 4.74 Å². The number of hydrogen-bond donors (Lipinski definition) is 2. The minimum atomic E-state index is -0.138. The van der Waals surface area contributed by atoms with Crippen LogP contribution in [-0.2, 0) is 0 Å². The zero-order valence-corrected chi connectivity index (χ0v) is 10.8. The molecule has 1 fully saturated rings. The molecule has 0 spiro atoms. The zero-order chi connectivity index (χ0) is 11.9. The lowest BCUT2D eigenvalue weighted by molar-refractivity contribution is 0.233. The normalized spacial score (nSPS) is 34.5. The Hall–Kier alpha value is -0.870. The van der Waals surface area contributed by atoms with E-state index in [1.54, 1.807) is 11.9 Å². The van der Waals surface area contributed by atoms with Gasteiger partial charge >= 0.3 is 0 Å². The van der Waals surface area contributed by atoms with Crippen LogP contribution in [0.15, 0.2) is 24.3 Å². The van der Waals surface area contributed by atoms with Gasteiger partial charge in [0.25, 0.3) is 0 Å². The maximum atomic E-state index is 6.42. The average molecular weight is 250 g/mol. The molecular weight excluding hydrogens is 232 g/mol. The highest BCUT2D eigenvalue weighted by molar-refractivity contribution is 8.01. The number of anilines is 1. The Labute approximate surface area is 106 Å². The quantitative estimate of drug-likeness (QED) is 0.810. The van der Waals surface area contributed by atoms with E-state index in [-0.39, 0.29) is 11.0 Å². The van der Waals surface area contributed by atoms with Crippen LogP contribution in [0.2, 0.25) is 0 Å². The second-order valence-electron chi connectivity index (χ2n) is 4.97. The molecule has 0 amide bonds. The molecule has 2 aliphatic rings. The Morgan fingerprint density at radius 1 is 1.53 bits per heavy atom. The molecule has 0 bridgehead atoms. The number of fused-ring (bicyclic) bond motifs is 1. The molecule has 3 nitrogen and oxygen atoms in total. The van der Waals surface area contributed by atoms with E-state index in [9.17, 15) is 0 Å². The highest BCUT2D eigenvalue weighted by Crippen LogP contribution is 2.52. The van der Waals surface area contributed by atoms with E-state index in [1.807, 2.05) is 24.3 Å². The Kier molecular flexibility index (Phi) is 2.71. The van der Waals surface area contributed by atoms with Crippen molar-refractivity contribution in [3.63, 3.8) is 0 Å². The Morgan fingerprint density at radius 3 is 3.18 bits per heavy atom. The second-order valence-corrected chi connectivity index (χ2v) is 5.84. The Morgan fingerprint density at radius 2 is 2.35 bits per heavy atom. The highest BCUT2D eigenvalue weighted by atomic mass is 32.2. The maximum absolute atomic E-state index is 6.42. The van der Waals surface area contributed by atoms with E-state index in [1.165, 1.54) is 12.8 Å². The molecule has 3 unspecified atom stereocenters. The third-order valence-electron chi connectivity index (χ3n) is 3.67. The van der Waals surface area contributed by atoms with Crippen LogP contribution in [0.1, 0.15) is 26.2 Å². The molecule has 1 aromatic carbocycles. The van der Waals surface area contributed by atoms with Gasteiger partial charge in [-0.15, -0.1) is 0 Å². The Bertz CT molecular complexity index is 426. The van der Waals surface area contributed by atoms with Gasteiger partial charge in [-0.1, -0.05) is 25.5 Å². The molecule has 0 aromatic heterocycles. The summed E-state index contributed by atoms with van der Waals surface area (Å²) in [4.78, 5) is 0. The van der Waals surface area contributed by atoms with Crippen LogP contribution in [0.25, 0.3) is 0 Å². The monoisotopic (exact) mass is 250 g/mol. The third kappa shape index (κ3) is 1.89. The SMILES string of the molecule is CCCC1CC1(N)C1Oc2ccccc2NS1. The molecular formula is C13H18N2OS. The minimum Gasteiger partial charge on any atom is -0.474 e. The van der Waals surface area contributed by atoms with Crippen LogP contribution in [0.4, 0.5) is 5.69 Å². The summed E-state index contributed by atoms with van der Waals surface area (Å²) in [6.07, 6.45) is 3.49. The first kappa shape index (κ1) is 11.2. The van der Waals surface area contributed by atoms with E-state index in [2.05, 4.69) is 11.6 Å². The molecule has 3 rings (SSSR count). The van der Waals surface area contributed by atoms with Gasteiger partial charge in [-0.2, -0.15) is 0 Å². The summed E-state index contributed by atoms with van der Waals surface area (Å²) in [6.45, 7) is 2.21. The lowest BCUT2D eigenvalue weighted by atomic mass is 10.1. The first-order chi connectivity index (χ1) is 8.24. The fourth-order valence-corrected chi connectivity index (χ4v) is 3.57. The summed E-state index contributed by atoms with van der Waals surface area (Å²) in [7, 11) is 0. The van der Waals surface area contributed by atoms with Crippen LogP contribution >= 0.6 is 11.9 Å². The molecule has 3 atom stereocenters. The molecule has 0 radical (unpaired) electrons. The lowest BCUT2D eigenvalue weighted by Crippen LogP contribution is -2.43. The molecule has 1 aliphatic carbocycles. The lowest BCUT2D eigenvalue weighted by Gasteiger charge is -2.30. The number of nitrogens with two attached hydrogens (primary N) is 1. The third-order valence-corrected chi connectivity index (χ3v) is 4.76. The van der Waals surface area contributed by atoms with Crippen LogP contribution in [0.5, 0.6) is 5.75 Å². The summed E-state index contributed by atoms with van der Waals surface area (Å²) in [5, 5.41) is 0. The molecule has 1 saturated carbocycles. The highest BCUT2D eigenvalue weighted by Gasteiger charge is 2.58. The van der Waals surface area contributed by atoms with Crippen molar-refractivity contribution in [2.75, 3.05) is 4.72 Å². The fourth-order valence-electron chi connectivity index (χ4n) is 2.51. The first-order valence-corrected chi connectivity index (χ1v) is 7.08. The van der Waals surface area contributed by atoms with E-state index >= 15 is 0 Å². The standard InChI is InChI=1S/C13H18N2OS/c1-2-5-9-8-13(9,14)12-16-11-7-4-3-6-10(11)15-17-12/h3-4,6-7,9,12,15H,2,5,8,14H2,1H3. The summed E-state index contributed by atoms with van der Waals surface area (Å²) in [5.41, 5.74) is 7.37. The molecule has 1 heterocycles. The van der Waals surface area contributed by atoms with Gasteiger partial charge in [0.05, 0.1) is 11.2 Å². The van der Waals surface area contributed by atoms with Crippen LogP contribution in [0, 0.1) is 5.92 Å². The van der Waals surface area contributed by atoms with Crippen LogP contribution < -0.4 is 15.2 Å². The van der Waals surface area contributed by atoms with Gasteiger partial charge in [-0.3, -0.25) is 0 Å². The van der Waals surface area contributed by atoms with Crippen molar-refractivity contribution in [2.24, 2.45) is 11.7 Å². The van der Waals surface area contributed by atoms with E-state index in [0.717, 1.165) is 17.9 Å². The summed E-state index contributed by atoms with van der Waals surface area (Å²) in [5.74, 6) is 1.54. The number of ether oxygens (including phenoxy) is 1. The number of hydrogen-bond acceptors (Lipinski definition) is 4. The first-order valence-electron chi connectivity index (χ1n) is 6.20. The second kappa shape index (κ2) is 4.10. The number of nitrogens with one attached hydrogen (secondary N) is 1. The van der Waals surface area contributed by atoms with Crippen molar-refractivity contribution in [1.82, 2.24) is 0 Å². The van der Waals surface area contributed by atoms with Crippen molar-refractivity contribution in [3.05, 3.63) is 24.3 Å². The maximum Gasteiger partial charge on any atom is 0.181 e. The molecule has 1 aliphatic heterocycles. The average Bonchev–Trinajstić information content (AvgIpc) is 3.01. The minimum absolute atomic E-state index is 0.0361. The fraction of sp³-hybridized carbons (Fsp3) is 0.538. The van der Waals surface area contributed by atoms with Gasteiger partial charge in [0.1, 0.15) is 5.75 Å². The number of benzene rings is 1. The molecule has 1 aromatic rings. The largest absolute Gasteiger partial charge is 0.474 e. The van der Waals surface area contributed by atoms with Gasteiger partial charge in [-0.25, -0.2) is 0 Å². The summed E-state index contributed by atoms with van der Waals surface area (Å²) in [6, 6.07) is 8.02. The van der Waals surface area contributed by atoms with E-state index in [4.69, 9.17) is 10.5 Å². The topological polar surface area (TPSA) is 47.3 Å². The van der Waals surface area contributed by atoms with Crippen molar-refractivity contribution in [2.45, 2.75) is 37.2 Å². The molecule has 92 valence electrons. The molecule has 17 heavy (non-hydrogen) atoms. The predicted octanol–water partition coefficient (Wildman–Crippen LogP) is 2.98. The molecule has 3 N–H and O–H groups in total. The van der Waals surface area contributed by atoms with Gasteiger partial charge in [0.2, 0.25) is 0 Å². The summed E-state index contributed by atoms with van der Waals surface area (Å²) >= 11 is 1.61. The van der Waals surface area contributed by atoms with Gasteiger partial charge < -0.3 is 15.2 Å². The van der Waals surface area contributed by atoms with Crippen LogP contribution in [0.3, 0.4) is 0 Å². The molecule has 4 heteroatoms. The van der Waals surface area contributed by atoms with Crippen LogP contribution in [-0.4, -0.2) is 11.0 Å². The van der Waals surface area contributed by atoms with Crippen molar-refractivity contribution in [3.8, 4) is 5.75 Å². The van der Waals surface area contributed by atoms with Gasteiger partial charge in [0, 0.05) is 0 Å². The van der Waals surface area contributed by atoms with Gasteiger partial charge in [0.15, 0.2) is 5.44 Å². The molecule has 0 saturated heterocycles. The Balaban J connectivity index is 1.73. The zero-order valence-electron chi connectivity index (χ0n) is 9.98. The van der Waals surface area contributed by atoms with Gasteiger partial charge in [-0.05, 0) is 42.8 Å². The predicted molar refractivity (Wildman–Crippen MR) is 72.0 cm³/mol. The van der Waals surface area contributed by atoms with Crippen molar-refractivity contribution in [1.29, 1.82) is 0 Å². The smallest absolute Gasteiger partial charge is 0.181 e.